The van der Waals surface area contributed by atoms with Crippen molar-refractivity contribution in [3.8, 4) is 0 Å². The minimum absolute atomic E-state index is 0.124. The molecule has 2 amide bonds. The first-order valence-electron chi connectivity index (χ1n) is 2.87. The van der Waals surface area contributed by atoms with Gasteiger partial charge in [-0.25, -0.2) is 0 Å². The third-order valence-corrected chi connectivity index (χ3v) is 1.53. The molecule has 0 spiro atoms. The molecule has 0 aromatic carbocycles. The van der Waals surface area contributed by atoms with E-state index in [2.05, 4.69) is 15.9 Å². The quantitative estimate of drug-likeness (QED) is 0.597. The van der Waals surface area contributed by atoms with Crippen molar-refractivity contribution in [2.24, 2.45) is 0 Å². The summed E-state index contributed by atoms with van der Waals surface area (Å²) in [5.74, 6) is -0.249. The lowest BCUT2D eigenvalue weighted by molar-refractivity contribution is -0.135. The Morgan fingerprint density at radius 3 is 2.20 bits per heavy atom. The van der Waals surface area contributed by atoms with Gasteiger partial charge in [-0.1, -0.05) is 15.9 Å². The highest BCUT2D eigenvalue weighted by molar-refractivity contribution is 9.11. The Morgan fingerprint density at radius 2 is 1.80 bits per heavy atom. The maximum atomic E-state index is 10.8. The summed E-state index contributed by atoms with van der Waals surface area (Å²) in [6, 6.07) is 0. The molecule has 0 unspecified atom stereocenters. The highest BCUT2D eigenvalue weighted by Crippen LogP contribution is 2.11. The van der Waals surface area contributed by atoms with Gasteiger partial charge in [-0.3, -0.25) is 14.5 Å². The summed E-state index contributed by atoms with van der Waals surface area (Å²) in [7, 11) is 0. The van der Waals surface area contributed by atoms with Crippen LogP contribution < -0.4 is 0 Å². The van der Waals surface area contributed by atoms with E-state index in [0.717, 1.165) is 4.90 Å². The number of imide groups is 1. The van der Waals surface area contributed by atoms with Crippen LogP contribution in [0.5, 0.6) is 0 Å². The second-order valence-corrected chi connectivity index (χ2v) is 2.46. The van der Waals surface area contributed by atoms with Gasteiger partial charge in [0.25, 0.3) is 0 Å². The van der Waals surface area contributed by atoms with Crippen LogP contribution in [-0.4, -0.2) is 16.7 Å². The van der Waals surface area contributed by atoms with E-state index in [9.17, 15) is 9.59 Å². The fourth-order valence-corrected chi connectivity index (χ4v) is 1.05. The Kier molecular flexibility index (Phi) is 2.21. The van der Waals surface area contributed by atoms with Crippen LogP contribution >= 0.6 is 15.9 Å². The SMILES string of the molecule is O=C1CCC(=O)N1/C=C/Br. The van der Waals surface area contributed by atoms with E-state index in [4.69, 9.17) is 0 Å². The van der Waals surface area contributed by atoms with E-state index < -0.39 is 0 Å². The topological polar surface area (TPSA) is 37.4 Å². The summed E-state index contributed by atoms with van der Waals surface area (Å²) in [4.78, 5) is 24.2. The van der Waals surface area contributed by atoms with Crippen molar-refractivity contribution in [2.45, 2.75) is 12.8 Å². The van der Waals surface area contributed by atoms with Gasteiger partial charge in [0.15, 0.2) is 0 Å². The second kappa shape index (κ2) is 2.96. The summed E-state index contributed by atoms with van der Waals surface area (Å²) >= 11 is 2.99. The molecular formula is C6H6BrNO2. The van der Waals surface area contributed by atoms with Gasteiger partial charge >= 0.3 is 0 Å². The standard InChI is InChI=1S/C6H6BrNO2/c7-3-4-8-5(9)1-2-6(8)10/h3-4H,1-2H2/b4-3+. The highest BCUT2D eigenvalue weighted by Gasteiger charge is 2.26. The minimum atomic E-state index is -0.124. The van der Waals surface area contributed by atoms with Crippen molar-refractivity contribution in [1.82, 2.24) is 4.90 Å². The van der Waals surface area contributed by atoms with Crippen molar-refractivity contribution in [3.05, 3.63) is 11.2 Å². The zero-order valence-corrected chi connectivity index (χ0v) is 6.80. The summed E-state index contributed by atoms with van der Waals surface area (Å²) in [6.07, 6.45) is 2.12. The first-order valence-corrected chi connectivity index (χ1v) is 3.79. The molecule has 0 atom stereocenters. The summed E-state index contributed by atoms with van der Waals surface area (Å²) in [5, 5.41) is 0. The van der Waals surface area contributed by atoms with Crippen molar-refractivity contribution >= 4 is 27.7 Å². The monoisotopic (exact) mass is 203 g/mol. The third kappa shape index (κ3) is 1.26. The molecule has 0 radical (unpaired) electrons. The molecule has 54 valence electrons. The van der Waals surface area contributed by atoms with E-state index in [1.807, 2.05) is 0 Å². The Labute approximate surface area is 66.8 Å². The predicted octanol–water partition coefficient (Wildman–Crippen LogP) is 1.00. The number of rotatable bonds is 1. The number of halogens is 1. The van der Waals surface area contributed by atoms with E-state index in [1.54, 1.807) is 0 Å². The maximum Gasteiger partial charge on any atom is 0.233 e. The average molecular weight is 204 g/mol. The van der Waals surface area contributed by atoms with E-state index in [0.29, 0.717) is 12.8 Å². The van der Waals surface area contributed by atoms with Crippen LogP contribution in [0.1, 0.15) is 12.8 Å². The first-order chi connectivity index (χ1) is 4.75. The van der Waals surface area contributed by atoms with Gasteiger partial charge in [-0.15, -0.1) is 0 Å². The molecule has 3 nitrogen and oxygen atoms in total. The highest BCUT2D eigenvalue weighted by atomic mass is 79.9. The van der Waals surface area contributed by atoms with Gasteiger partial charge in [-0.05, 0) is 4.99 Å². The van der Waals surface area contributed by atoms with Crippen LogP contribution in [0.3, 0.4) is 0 Å². The molecule has 1 heterocycles. The van der Waals surface area contributed by atoms with Gasteiger partial charge in [0.05, 0.1) is 0 Å². The van der Waals surface area contributed by atoms with Crippen molar-refractivity contribution in [2.75, 3.05) is 0 Å². The predicted molar refractivity (Wildman–Crippen MR) is 39.2 cm³/mol. The molecule has 0 aliphatic carbocycles. The summed E-state index contributed by atoms with van der Waals surface area (Å²) in [5.41, 5.74) is 0. The van der Waals surface area contributed by atoms with Gasteiger partial charge < -0.3 is 0 Å². The molecule has 10 heavy (non-hydrogen) atoms. The van der Waals surface area contributed by atoms with Crippen LogP contribution in [-0.2, 0) is 9.59 Å². The van der Waals surface area contributed by atoms with Gasteiger partial charge in [0.2, 0.25) is 11.8 Å². The molecule has 4 heteroatoms. The lowest BCUT2D eigenvalue weighted by atomic mass is 10.4. The molecule has 0 saturated carbocycles. The van der Waals surface area contributed by atoms with E-state index in [1.165, 1.54) is 11.2 Å². The number of amides is 2. The van der Waals surface area contributed by atoms with Crippen LogP contribution in [0.25, 0.3) is 0 Å². The first kappa shape index (κ1) is 7.47. The van der Waals surface area contributed by atoms with Gasteiger partial charge in [0, 0.05) is 19.0 Å². The molecular weight excluding hydrogens is 198 g/mol. The van der Waals surface area contributed by atoms with Gasteiger partial charge in [0.1, 0.15) is 0 Å². The zero-order chi connectivity index (χ0) is 7.56. The molecule has 0 N–H and O–H groups in total. The number of hydrogen-bond acceptors (Lipinski definition) is 2. The minimum Gasteiger partial charge on any atom is -0.274 e. The van der Waals surface area contributed by atoms with E-state index in [-0.39, 0.29) is 11.8 Å². The number of nitrogens with zero attached hydrogens (tertiary/aromatic N) is 1. The van der Waals surface area contributed by atoms with Crippen LogP contribution in [0.15, 0.2) is 11.2 Å². The van der Waals surface area contributed by atoms with Gasteiger partial charge in [-0.2, -0.15) is 0 Å². The normalized spacial score (nSPS) is 19.5. The fraction of sp³-hybridized carbons (Fsp3) is 0.333. The Hall–Kier alpha value is -0.640. The largest absolute Gasteiger partial charge is 0.274 e. The second-order valence-electron chi connectivity index (χ2n) is 1.93. The van der Waals surface area contributed by atoms with Crippen molar-refractivity contribution in [1.29, 1.82) is 0 Å². The molecule has 1 saturated heterocycles. The molecule has 0 bridgehead atoms. The number of hydrogen-bond donors (Lipinski definition) is 0. The van der Waals surface area contributed by atoms with Crippen LogP contribution in [0.4, 0.5) is 0 Å². The average Bonchev–Trinajstić information content (AvgIpc) is 2.20. The summed E-state index contributed by atoms with van der Waals surface area (Å²) < 4.78 is 0. The Bertz CT molecular complexity index is 184. The molecule has 1 rings (SSSR count). The maximum absolute atomic E-state index is 10.8. The molecule has 0 aromatic rings. The summed E-state index contributed by atoms with van der Waals surface area (Å²) in [6.45, 7) is 0. The molecule has 0 aromatic heterocycles. The molecule has 1 fully saturated rings. The van der Waals surface area contributed by atoms with Crippen LogP contribution in [0.2, 0.25) is 0 Å². The zero-order valence-electron chi connectivity index (χ0n) is 5.21. The lowest BCUT2D eigenvalue weighted by Crippen LogP contribution is -2.22. The van der Waals surface area contributed by atoms with Crippen LogP contribution in [0, 0.1) is 0 Å². The molecule has 1 aliphatic heterocycles. The van der Waals surface area contributed by atoms with Crippen molar-refractivity contribution in [3.63, 3.8) is 0 Å². The number of carbonyl (C=O) groups is 2. The number of carbonyl (C=O) groups excluding carboxylic acids is 2. The Morgan fingerprint density at radius 1 is 1.30 bits per heavy atom. The molecule has 1 aliphatic rings. The fourth-order valence-electron chi connectivity index (χ4n) is 0.816. The third-order valence-electron chi connectivity index (χ3n) is 1.30. The van der Waals surface area contributed by atoms with Crippen molar-refractivity contribution < 1.29 is 9.59 Å². The lowest BCUT2D eigenvalue weighted by Gasteiger charge is -2.04. The Balaban J connectivity index is 2.72. The number of likely N-dealkylation sites (tertiary alicyclic amines) is 1. The smallest absolute Gasteiger partial charge is 0.233 e. The van der Waals surface area contributed by atoms with E-state index >= 15 is 0 Å².